The zero-order valence-electron chi connectivity index (χ0n) is 10.9. The van der Waals surface area contributed by atoms with Crippen LogP contribution in [0, 0.1) is 0 Å². The average molecular weight is 251 g/mol. The molecule has 3 N–H and O–H groups in total. The third-order valence-electron chi connectivity index (χ3n) is 3.24. The van der Waals surface area contributed by atoms with Gasteiger partial charge in [-0.1, -0.05) is 30.3 Å². The summed E-state index contributed by atoms with van der Waals surface area (Å²) in [4.78, 5) is 12.1. The summed E-state index contributed by atoms with van der Waals surface area (Å²) in [6.45, 7) is 1.86. The van der Waals surface area contributed by atoms with Gasteiger partial charge in [-0.3, -0.25) is 4.79 Å². The molecule has 1 aromatic rings. The number of rotatable bonds is 6. The first-order valence-corrected chi connectivity index (χ1v) is 6.09. The van der Waals surface area contributed by atoms with Crippen LogP contribution < -0.4 is 5.73 Å². The van der Waals surface area contributed by atoms with Crippen molar-refractivity contribution in [2.45, 2.75) is 31.3 Å². The van der Waals surface area contributed by atoms with Crippen molar-refractivity contribution < 1.29 is 14.6 Å². The molecular weight excluding hydrogens is 230 g/mol. The number of carbonyl (C=O) groups excluding carboxylic acids is 1. The molecule has 2 unspecified atom stereocenters. The second-order valence-electron chi connectivity index (χ2n) is 4.53. The summed E-state index contributed by atoms with van der Waals surface area (Å²) in [5.74, 6) is -0.350. The molecule has 0 spiro atoms. The average Bonchev–Trinajstić information content (AvgIpc) is 2.40. The van der Waals surface area contributed by atoms with E-state index < -0.39 is 11.5 Å². The molecule has 1 rings (SSSR count). The molecular formula is C14H21NO3. The Morgan fingerprint density at radius 2 is 2.06 bits per heavy atom. The number of carbonyl (C=O) groups is 1. The summed E-state index contributed by atoms with van der Waals surface area (Å²) in [6, 6.07) is 9.35. The van der Waals surface area contributed by atoms with Gasteiger partial charge in [-0.25, -0.2) is 0 Å². The second-order valence-corrected chi connectivity index (χ2v) is 4.53. The van der Waals surface area contributed by atoms with Crippen molar-refractivity contribution in [3.63, 3.8) is 0 Å². The smallest absolute Gasteiger partial charge is 0.317 e. The highest BCUT2D eigenvalue weighted by molar-refractivity contribution is 5.83. The van der Waals surface area contributed by atoms with Gasteiger partial charge in [0.15, 0.2) is 0 Å². The molecule has 0 aromatic heterocycles. The van der Waals surface area contributed by atoms with Crippen LogP contribution in [0.2, 0.25) is 0 Å². The van der Waals surface area contributed by atoms with Gasteiger partial charge in [-0.05, 0) is 25.3 Å². The van der Waals surface area contributed by atoms with Crippen molar-refractivity contribution in [2.24, 2.45) is 5.73 Å². The van der Waals surface area contributed by atoms with Crippen molar-refractivity contribution >= 4 is 5.97 Å². The number of hydrogen-bond donors (Lipinski definition) is 2. The Kier molecular flexibility index (Phi) is 5.31. The molecule has 0 fully saturated rings. The van der Waals surface area contributed by atoms with Crippen LogP contribution in [0.3, 0.4) is 0 Å². The molecule has 0 aliphatic carbocycles. The fourth-order valence-electron chi connectivity index (χ4n) is 2.08. The van der Waals surface area contributed by atoms with Gasteiger partial charge in [-0.2, -0.15) is 0 Å². The molecule has 0 bridgehead atoms. The molecule has 0 radical (unpaired) electrons. The molecule has 18 heavy (non-hydrogen) atoms. The van der Waals surface area contributed by atoms with Crippen LogP contribution in [0.25, 0.3) is 0 Å². The Hall–Kier alpha value is -1.39. The predicted molar refractivity (Wildman–Crippen MR) is 70.1 cm³/mol. The van der Waals surface area contributed by atoms with Crippen LogP contribution in [0.4, 0.5) is 0 Å². The SMILES string of the molecule is COC(=O)C(CN)(CCC(C)O)c1ccccc1. The molecule has 100 valence electrons. The summed E-state index contributed by atoms with van der Waals surface area (Å²) in [5.41, 5.74) is 5.79. The highest BCUT2D eigenvalue weighted by atomic mass is 16.5. The quantitative estimate of drug-likeness (QED) is 0.746. The van der Waals surface area contributed by atoms with E-state index in [-0.39, 0.29) is 12.5 Å². The maximum atomic E-state index is 12.1. The van der Waals surface area contributed by atoms with Crippen LogP contribution in [0.1, 0.15) is 25.3 Å². The van der Waals surface area contributed by atoms with Crippen LogP contribution in [0.5, 0.6) is 0 Å². The summed E-state index contributed by atoms with van der Waals surface area (Å²) >= 11 is 0. The third-order valence-corrected chi connectivity index (χ3v) is 3.24. The lowest BCUT2D eigenvalue weighted by atomic mass is 9.76. The number of aliphatic hydroxyl groups is 1. The molecule has 0 aliphatic rings. The maximum Gasteiger partial charge on any atom is 0.317 e. The summed E-state index contributed by atoms with van der Waals surface area (Å²) in [5, 5.41) is 9.42. The van der Waals surface area contributed by atoms with Crippen LogP contribution in [-0.2, 0) is 14.9 Å². The number of benzene rings is 1. The zero-order valence-corrected chi connectivity index (χ0v) is 10.9. The summed E-state index contributed by atoms with van der Waals surface area (Å²) < 4.78 is 4.89. The first kappa shape index (κ1) is 14.7. The standard InChI is InChI=1S/C14H21NO3/c1-11(16)8-9-14(10-15,13(17)18-2)12-6-4-3-5-7-12/h3-7,11,16H,8-10,15H2,1-2H3. The van der Waals surface area contributed by atoms with E-state index in [0.29, 0.717) is 12.8 Å². The van der Waals surface area contributed by atoms with E-state index in [2.05, 4.69) is 0 Å². The molecule has 0 amide bonds. The lowest BCUT2D eigenvalue weighted by Crippen LogP contribution is -2.44. The van der Waals surface area contributed by atoms with Gasteiger partial charge < -0.3 is 15.6 Å². The monoisotopic (exact) mass is 251 g/mol. The van der Waals surface area contributed by atoms with Gasteiger partial charge >= 0.3 is 5.97 Å². The lowest BCUT2D eigenvalue weighted by Gasteiger charge is -2.30. The van der Waals surface area contributed by atoms with E-state index in [0.717, 1.165) is 5.56 Å². The van der Waals surface area contributed by atoms with Crippen molar-refractivity contribution in [1.82, 2.24) is 0 Å². The van der Waals surface area contributed by atoms with Crippen molar-refractivity contribution in [1.29, 1.82) is 0 Å². The van der Waals surface area contributed by atoms with E-state index in [1.54, 1.807) is 6.92 Å². The van der Waals surface area contributed by atoms with E-state index >= 15 is 0 Å². The Morgan fingerprint density at radius 3 is 2.50 bits per heavy atom. The zero-order chi connectivity index (χ0) is 13.6. The molecule has 0 heterocycles. The summed E-state index contributed by atoms with van der Waals surface area (Å²) in [7, 11) is 1.36. The Morgan fingerprint density at radius 1 is 1.44 bits per heavy atom. The van der Waals surface area contributed by atoms with Gasteiger partial charge in [0, 0.05) is 6.54 Å². The predicted octanol–water partition coefficient (Wildman–Crippen LogP) is 1.22. The first-order valence-electron chi connectivity index (χ1n) is 6.09. The third kappa shape index (κ3) is 3.09. The highest BCUT2D eigenvalue weighted by Gasteiger charge is 2.39. The second kappa shape index (κ2) is 6.52. The fourth-order valence-corrected chi connectivity index (χ4v) is 2.08. The van der Waals surface area contributed by atoms with Gasteiger partial charge in [0.1, 0.15) is 5.41 Å². The van der Waals surface area contributed by atoms with Gasteiger partial charge in [0.05, 0.1) is 13.2 Å². The summed E-state index contributed by atoms with van der Waals surface area (Å²) in [6.07, 6.45) is 0.503. The number of ether oxygens (including phenoxy) is 1. The maximum absolute atomic E-state index is 12.1. The minimum absolute atomic E-state index is 0.163. The van der Waals surface area contributed by atoms with E-state index in [9.17, 15) is 9.90 Å². The number of nitrogens with two attached hydrogens (primary N) is 1. The van der Waals surface area contributed by atoms with Gasteiger partial charge in [0.2, 0.25) is 0 Å². The number of methoxy groups -OCH3 is 1. The van der Waals surface area contributed by atoms with Crippen LogP contribution in [0.15, 0.2) is 30.3 Å². The molecule has 4 heteroatoms. The number of aliphatic hydroxyl groups excluding tert-OH is 1. The highest BCUT2D eigenvalue weighted by Crippen LogP contribution is 2.30. The molecule has 2 atom stereocenters. The fraction of sp³-hybridized carbons (Fsp3) is 0.500. The van der Waals surface area contributed by atoms with Crippen molar-refractivity contribution in [3.05, 3.63) is 35.9 Å². The molecule has 0 aliphatic heterocycles. The first-order chi connectivity index (χ1) is 8.56. The van der Waals surface area contributed by atoms with E-state index in [1.807, 2.05) is 30.3 Å². The van der Waals surface area contributed by atoms with Crippen molar-refractivity contribution in [3.8, 4) is 0 Å². The topological polar surface area (TPSA) is 72.5 Å². The Bertz CT molecular complexity index is 378. The number of esters is 1. The van der Waals surface area contributed by atoms with Crippen LogP contribution in [-0.4, -0.2) is 30.8 Å². The van der Waals surface area contributed by atoms with Crippen molar-refractivity contribution in [2.75, 3.05) is 13.7 Å². The van der Waals surface area contributed by atoms with E-state index in [1.165, 1.54) is 7.11 Å². The minimum atomic E-state index is -0.868. The lowest BCUT2D eigenvalue weighted by molar-refractivity contribution is -0.147. The molecule has 1 aromatic carbocycles. The molecule has 4 nitrogen and oxygen atoms in total. The number of hydrogen-bond acceptors (Lipinski definition) is 4. The van der Waals surface area contributed by atoms with E-state index in [4.69, 9.17) is 10.5 Å². The van der Waals surface area contributed by atoms with Crippen LogP contribution >= 0.6 is 0 Å². The Balaban J connectivity index is 3.10. The Labute approximate surface area is 108 Å². The normalized spacial score (nSPS) is 15.8. The van der Waals surface area contributed by atoms with Gasteiger partial charge in [-0.15, -0.1) is 0 Å². The van der Waals surface area contributed by atoms with Gasteiger partial charge in [0.25, 0.3) is 0 Å². The minimum Gasteiger partial charge on any atom is -0.468 e. The molecule has 0 saturated carbocycles. The molecule has 0 saturated heterocycles. The largest absolute Gasteiger partial charge is 0.468 e.